The lowest BCUT2D eigenvalue weighted by molar-refractivity contribution is -0.137. The number of ether oxygens (including phenoxy) is 1. The summed E-state index contributed by atoms with van der Waals surface area (Å²) in [6.45, 7) is 6.21. The van der Waals surface area contributed by atoms with Crippen LogP contribution in [-0.2, 0) is 9.53 Å². The van der Waals surface area contributed by atoms with Gasteiger partial charge in [0.25, 0.3) is 5.91 Å². The van der Waals surface area contributed by atoms with Crippen molar-refractivity contribution in [1.82, 2.24) is 19.8 Å². The molecule has 3 rings (SSSR count). The second kappa shape index (κ2) is 8.05. The van der Waals surface area contributed by atoms with Gasteiger partial charge in [-0.3, -0.25) is 9.59 Å². The highest BCUT2D eigenvalue weighted by atomic mass is 35.5. The topological polar surface area (TPSA) is 75.9 Å². The molecule has 1 saturated heterocycles. The molecule has 0 unspecified atom stereocenters. The molecule has 0 saturated carbocycles. The van der Waals surface area contributed by atoms with Gasteiger partial charge in [-0.25, -0.2) is 4.52 Å². The molecular formula is C18H23ClN4O3. The Morgan fingerprint density at radius 2 is 2.04 bits per heavy atom. The number of hydrogen-bond donors (Lipinski definition) is 1. The van der Waals surface area contributed by atoms with Gasteiger partial charge in [0, 0.05) is 24.3 Å². The summed E-state index contributed by atoms with van der Waals surface area (Å²) in [4.78, 5) is 27.2. The number of aromatic nitrogens is 2. The molecule has 0 bridgehead atoms. The van der Waals surface area contributed by atoms with E-state index in [2.05, 4.69) is 10.4 Å². The standard InChI is InChI=1S/C18H23ClN4O3/c1-12(2)9-16(18(25)22-5-7-26-8-6-22)20-17(24)15-11-14-10-13(19)3-4-23(14)21-15/h3-4,10-12,16H,5-9H2,1-2H3,(H,20,24)/t16-/m0/s1. The summed E-state index contributed by atoms with van der Waals surface area (Å²) in [5, 5.41) is 7.69. The normalized spacial score (nSPS) is 16.1. The fourth-order valence-electron chi connectivity index (χ4n) is 3.01. The summed E-state index contributed by atoms with van der Waals surface area (Å²) in [7, 11) is 0. The maximum Gasteiger partial charge on any atom is 0.272 e. The van der Waals surface area contributed by atoms with Crippen LogP contribution in [0.1, 0.15) is 30.8 Å². The second-order valence-electron chi connectivity index (χ2n) is 6.84. The van der Waals surface area contributed by atoms with E-state index in [0.717, 1.165) is 5.52 Å². The number of hydrogen-bond acceptors (Lipinski definition) is 4. The van der Waals surface area contributed by atoms with Crippen LogP contribution in [0, 0.1) is 5.92 Å². The largest absolute Gasteiger partial charge is 0.378 e. The third kappa shape index (κ3) is 4.34. The first-order valence-electron chi connectivity index (χ1n) is 8.76. The third-order valence-electron chi connectivity index (χ3n) is 4.29. The zero-order valence-electron chi connectivity index (χ0n) is 14.9. The van der Waals surface area contributed by atoms with Crippen LogP contribution in [0.4, 0.5) is 0 Å². The molecule has 1 fully saturated rings. The maximum atomic E-state index is 12.8. The highest BCUT2D eigenvalue weighted by Crippen LogP contribution is 2.15. The minimum absolute atomic E-state index is 0.0674. The number of morpholine rings is 1. The Balaban J connectivity index is 1.75. The predicted octanol–water partition coefficient (Wildman–Crippen LogP) is 1.99. The molecule has 0 radical (unpaired) electrons. The number of nitrogens with zero attached hydrogens (tertiary/aromatic N) is 3. The number of pyridine rings is 1. The van der Waals surface area contributed by atoms with E-state index in [4.69, 9.17) is 16.3 Å². The van der Waals surface area contributed by atoms with Crippen LogP contribution in [0.2, 0.25) is 5.02 Å². The fourth-order valence-corrected chi connectivity index (χ4v) is 3.18. The monoisotopic (exact) mass is 378 g/mol. The van der Waals surface area contributed by atoms with Crippen LogP contribution < -0.4 is 5.32 Å². The highest BCUT2D eigenvalue weighted by Gasteiger charge is 2.28. The molecule has 0 aliphatic carbocycles. The molecule has 140 valence electrons. The molecule has 8 heteroatoms. The molecule has 2 amide bonds. The number of halogens is 1. The first-order valence-corrected chi connectivity index (χ1v) is 9.14. The molecular weight excluding hydrogens is 356 g/mol. The minimum atomic E-state index is -0.575. The average molecular weight is 379 g/mol. The Labute approximate surface area is 157 Å². The lowest BCUT2D eigenvalue weighted by Crippen LogP contribution is -2.52. The molecule has 1 aliphatic heterocycles. The smallest absolute Gasteiger partial charge is 0.272 e. The zero-order valence-corrected chi connectivity index (χ0v) is 15.7. The van der Waals surface area contributed by atoms with E-state index in [9.17, 15) is 9.59 Å². The van der Waals surface area contributed by atoms with Gasteiger partial charge >= 0.3 is 0 Å². The lowest BCUT2D eigenvalue weighted by atomic mass is 10.0. The van der Waals surface area contributed by atoms with Crippen LogP contribution in [0.15, 0.2) is 24.4 Å². The Bertz CT molecular complexity index is 799. The van der Waals surface area contributed by atoms with E-state index >= 15 is 0 Å². The molecule has 2 aromatic heterocycles. The summed E-state index contributed by atoms with van der Waals surface area (Å²) >= 11 is 5.97. The van der Waals surface area contributed by atoms with Crippen LogP contribution in [-0.4, -0.2) is 58.7 Å². The molecule has 2 aromatic rings. The van der Waals surface area contributed by atoms with Gasteiger partial charge in [0.2, 0.25) is 5.91 Å². The maximum absolute atomic E-state index is 12.8. The molecule has 26 heavy (non-hydrogen) atoms. The molecule has 0 aromatic carbocycles. The lowest BCUT2D eigenvalue weighted by Gasteiger charge is -2.31. The molecule has 1 N–H and O–H groups in total. The SMILES string of the molecule is CC(C)C[C@H](NC(=O)c1cc2cc(Cl)ccn2n1)C(=O)N1CCOCC1. The molecule has 3 heterocycles. The first-order chi connectivity index (χ1) is 12.4. The van der Waals surface area contributed by atoms with Crippen molar-refractivity contribution in [3.8, 4) is 0 Å². The molecule has 1 atom stereocenters. The van der Waals surface area contributed by atoms with E-state index in [-0.39, 0.29) is 23.4 Å². The quantitative estimate of drug-likeness (QED) is 0.863. The van der Waals surface area contributed by atoms with Gasteiger partial charge in [-0.2, -0.15) is 5.10 Å². The number of rotatable bonds is 5. The zero-order chi connectivity index (χ0) is 18.7. The van der Waals surface area contributed by atoms with Crippen molar-refractivity contribution in [2.24, 2.45) is 5.92 Å². The van der Waals surface area contributed by atoms with Gasteiger partial charge in [-0.1, -0.05) is 25.4 Å². The van der Waals surface area contributed by atoms with Crippen molar-refractivity contribution in [2.75, 3.05) is 26.3 Å². The van der Waals surface area contributed by atoms with Gasteiger partial charge < -0.3 is 15.0 Å². The van der Waals surface area contributed by atoms with Gasteiger partial charge in [-0.15, -0.1) is 0 Å². The highest BCUT2D eigenvalue weighted by molar-refractivity contribution is 6.30. The van der Waals surface area contributed by atoms with Crippen LogP contribution >= 0.6 is 11.6 Å². The summed E-state index contributed by atoms with van der Waals surface area (Å²) in [5.41, 5.74) is 0.985. The van der Waals surface area contributed by atoms with Crippen LogP contribution in [0.3, 0.4) is 0 Å². The molecule has 0 spiro atoms. The number of carbonyl (C=O) groups excluding carboxylic acids is 2. The number of amides is 2. The summed E-state index contributed by atoms with van der Waals surface area (Å²) < 4.78 is 6.89. The molecule has 7 nitrogen and oxygen atoms in total. The van der Waals surface area contributed by atoms with Gasteiger partial charge in [-0.05, 0) is 30.5 Å². The van der Waals surface area contributed by atoms with Crippen molar-refractivity contribution in [2.45, 2.75) is 26.3 Å². The summed E-state index contributed by atoms with van der Waals surface area (Å²) in [6, 6.07) is 4.52. The van der Waals surface area contributed by atoms with E-state index in [1.807, 2.05) is 13.8 Å². The first kappa shape index (κ1) is 18.7. The summed E-state index contributed by atoms with van der Waals surface area (Å²) in [5.74, 6) is -0.163. The second-order valence-corrected chi connectivity index (χ2v) is 7.27. The van der Waals surface area contributed by atoms with E-state index in [0.29, 0.717) is 37.7 Å². The van der Waals surface area contributed by atoms with Crippen molar-refractivity contribution < 1.29 is 14.3 Å². The van der Waals surface area contributed by atoms with E-state index in [1.165, 1.54) is 0 Å². The Morgan fingerprint density at radius 3 is 2.73 bits per heavy atom. The Morgan fingerprint density at radius 1 is 1.31 bits per heavy atom. The van der Waals surface area contributed by atoms with E-state index < -0.39 is 6.04 Å². The number of fused-ring (bicyclic) bond motifs is 1. The van der Waals surface area contributed by atoms with Crippen molar-refractivity contribution >= 4 is 28.9 Å². The van der Waals surface area contributed by atoms with Gasteiger partial charge in [0.15, 0.2) is 5.69 Å². The molecule has 1 aliphatic rings. The van der Waals surface area contributed by atoms with Crippen LogP contribution in [0.5, 0.6) is 0 Å². The van der Waals surface area contributed by atoms with Gasteiger partial charge in [0.1, 0.15) is 6.04 Å². The minimum Gasteiger partial charge on any atom is -0.378 e. The number of carbonyl (C=O) groups is 2. The van der Waals surface area contributed by atoms with Gasteiger partial charge in [0.05, 0.1) is 18.7 Å². The Kier molecular flexibility index (Phi) is 5.78. The van der Waals surface area contributed by atoms with Crippen LogP contribution in [0.25, 0.3) is 5.52 Å². The fraction of sp³-hybridized carbons (Fsp3) is 0.500. The predicted molar refractivity (Wildman–Crippen MR) is 98.3 cm³/mol. The van der Waals surface area contributed by atoms with Crippen molar-refractivity contribution in [3.05, 3.63) is 35.1 Å². The number of nitrogens with one attached hydrogen (secondary N) is 1. The average Bonchev–Trinajstić information content (AvgIpc) is 3.04. The summed E-state index contributed by atoms with van der Waals surface area (Å²) in [6.07, 6.45) is 2.26. The Hall–Kier alpha value is -2.12. The van der Waals surface area contributed by atoms with E-state index in [1.54, 1.807) is 33.8 Å². The third-order valence-corrected chi connectivity index (χ3v) is 4.53. The van der Waals surface area contributed by atoms with Crippen molar-refractivity contribution in [3.63, 3.8) is 0 Å². The van der Waals surface area contributed by atoms with Crippen molar-refractivity contribution in [1.29, 1.82) is 0 Å².